The number of nitrogen functional groups attached to an aromatic ring is 2. The lowest BCUT2D eigenvalue weighted by molar-refractivity contribution is -0.140. The second kappa shape index (κ2) is 2.95. The Kier molecular flexibility index (Phi) is 2.25. The monoisotopic (exact) mass is 211 g/mol. The van der Waals surface area contributed by atoms with Crippen molar-refractivity contribution in [3.8, 4) is 0 Å². The van der Waals surface area contributed by atoms with Gasteiger partial charge in [-0.1, -0.05) is 11.6 Å². The Balaban J connectivity index is 3.32. The molecule has 0 aliphatic heterocycles. The van der Waals surface area contributed by atoms with Gasteiger partial charge in [0.25, 0.3) is 0 Å². The summed E-state index contributed by atoms with van der Waals surface area (Å²) < 4.78 is 36.4. The molecule has 0 aliphatic rings. The van der Waals surface area contributed by atoms with Gasteiger partial charge in [0.1, 0.15) is 0 Å². The van der Waals surface area contributed by atoms with Crippen molar-refractivity contribution < 1.29 is 13.2 Å². The van der Waals surface area contributed by atoms with Gasteiger partial charge in [0.05, 0.1) is 11.4 Å². The van der Waals surface area contributed by atoms with Gasteiger partial charge < -0.3 is 11.5 Å². The molecule has 13 heavy (non-hydrogen) atoms. The molecular weight excluding hydrogens is 207 g/mol. The summed E-state index contributed by atoms with van der Waals surface area (Å²) in [7, 11) is 0. The minimum absolute atomic E-state index is 0.0767. The van der Waals surface area contributed by atoms with E-state index < -0.39 is 22.7 Å². The summed E-state index contributed by atoms with van der Waals surface area (Å²) in [6, 6.07) is 0.929. The standard InChI is InChI=1S/C6H5ClF3N3/c7-5-3(12)1-2(11)4(13-5)6(8,9)10/h1H,11-12H2. The number of alkyl halides is 3. The van der Waals surface area contributed by atoms with E-state index in [4.69, 9.17) is 23.1 Å². The average Bonchev–Trinajstić information content (AvgIpc) is 1.94. The van der Waals surface area contributed by atoms with Crippen LogP contribution in [0.3, 0.4) is 0 Å². The predicted molar refractivity (Wildman–Crippen MR) is 43.1 cm³/mol. The summed E-state index contributed by atoms with van der Waals surface area (Å²) in [5, 5.41) is -0.401. The van der Waals surface area contributed by atoms with E-state index in [0.29, 0.717) is 0 Å². The first kappa shape index (κ1) is 9.91. The van der Waals surface area contributed by atoms with E-state index >= 15 is 0 Å². The van der Waals surface area contributed by atoms with E-state index in [9.17, 15) is 13.2 Å². The Morgan fingerprint density at radius 2 is 1.77 bits per heavy atom. The minimum atomic E-state index is -4.61. The van der Waals surface area contributed by atoms with Gasteiger partial charge in [0.2, 0.25) is 0 Å². The molecule has 0 atom stereocenters. The zero-order valence-electron chi connectivity index (χ0n) is 6.19. The van der Waals surface area contributed by atoms with Crippen molar-refractivity contribution in [2.45, 2.75) is 6.18 Å². The van der Waals surface area contributed by atoms with E-state index in [1.807, 2.05) is 0 Å². The van der Waals surface area contributed by atoms with E-state index in [0.717, 1.165) is 6.07 Å². The Morgan fingerprint density at radius 3 is 2.23 bits per heavy atom. The van der Waals surface area contributed by atoms with Crippen LogP contribution in [-0.4, -0.2) is 4.98 Å². The molecule has 0 aromatic carbocycles. The summed E-state index contributed by atoms with van der Waals surface area (Å²) >= 11 is 5.30. The SMILES string of the molecule is Nc1cc(N)c(C(F)(F)F)nc1Cl. The Labute approximate surface area is 76.5 Å². The van der Waals surface area contributed by atoms with Crippen molar-refractivity contribution in [1.82, 2.24) is 4.98 Å². The quantitative estimate of drug-likeness (QED) is 0.645. The summed E-state index contributed by atoms with van der Waals surface area (Å²) in [6.45, 7) is 0. The fraction of sp³-hybridized carbons (Fsp3) is 0.167. The molecule has 0 aliphatic carbocycles. The smallest absolute Gasteiger partial charge is 0.397 e. The molecule has 0 saturated carbocycles. The van der Waals surface area contributed by atoms with Crippen LogP contribution < -0.4 is 11.5 Å². The first-order valence-electron chi connectivity index (χ1n) is 3.11. The first-order valence-corrected chi connectivity index (χ1v) is 3.49. The van der Waals surface area contributed by atoms with Gasteiger partial charge >= 0.3 is 6.18 Å². The fourth-order valence-electron chi connectivity index (χ4n) is 0.750. The van der Waals surface area contributed by atoms with Crippen LogP contribution in [0, 0.1) is 0 Å². The molecule has 0 radical (unpaired) electrons. The number of aromatic nitrogens is 1. The van der Waals surface area contributed by atoms with Crippen molar-refractivity contribution in [2.24, 2.45) is 0 Å². The second-order valence-electron chi connectivity index (χ2n) is 2.30. The van der Waals surface area contributed by atoms with E-state index in [-0.39, 0.29) is 5.69 Å². The van der Waals surface area contributed by atoms with E-state index in [1.54, 1.807) is 0 Å². The number of anilines is 2. The number of hydrogen-bond acceptors (Lipinski definition) is 3. The molecule has 1 heterocycles. The van der Waals surface area contributed by atoms with Crippen LogP contribution in [0.4, 0.5) is 24.5 Å². The maximum absolute atomic E-state index is 12.1. The van der Waals surface area contributed by atoms with Crippen molar-refractivity contribution >= 4 is 23.0 Å². The van der Waals surface area contributed by atoms with Crippen LogP contribution >= 0.6 is 11.6 Å². The number of hydrogen-bond donors (Lipinski definition) is 2. The van der Waals surface area contributed by atoms with Crippen molar-refractivity contribution in [3.05, 3.63) is 16.9 Å². The van der Waals surface area contributed by atoms with Gasteiger partial charge in [-0.3, -0.25) is 0 Å². The highest BCUT2D eigenvalue weighted by Gasteiger charge is 2.35. The molecule has 1 aromatic rings. The molecular formula is C6H5ClF3N3. The molecule has 0 spiro atoms. The van der Waals surface area contributed by atoms with Gasteiger partial charge in [-0.2, -0.15) is 13.2 Å². The van der Waals surface area contributed by atoms with Crippen molar-refractivity contribution in [2.75, 3.05) is 11.5 Å². The van der Waals surface area contributed by atoms with Gasteiger partial charge in [-0.15, -0.1) is 0 Å². The summed E-state index contributed by atoms with van der Waals surface area (Å²) in [5.41, 5.74) is 8.42. The van der Waals surface area contributed by atoms with Gasteiger partial charge in [0.15, 0.2) is 10.8 Å². The highest BCUT2D eigenvalue weighted by molar-refractivity contribution is 6.31. The molecule has 0 bridgehead atoms. The van der Waals surface area contributed by atoms with Crippen LogP contribution in [0.15, 0.2) is 6.07 Å². The highest BCUT2D eigenvalue weighted by atomic mass is 35.5. The molecule has 0 amide bonds. The minimum Gasteiger partial charge on any atom is -0.397 e. The lowest BCUT2D eigenvalue weighted by atomic mass is 10.3. The largest absolute Gasteiger partial charge is 0.435 e. The Morgan fingerprint density at radius 1 is 1.23 bits per heavy atom. The van der Waals surface area contributed by atoms with Gasteiger partial charge in [0, 0.05) is 0 Å². The molecule has 7 heteroatoms. The third-order valence-electron chi connectivity index (χ3n) is 1.30. The normalized spacial score (nSPS) is 11.7. The fourth-order valence-corrected chi connectivity index (χ4v) is 0.889. The van der Waals surface area contributed by atoms with E-state index in [1.165, 1.54) is 0 Å². The Bertz CT molecular complexity index is 337. The van der Waals surface area contributed by atoms with Gasteiger partial charge in [-0.05, 0) is 6.07 Å². The molecule has 1 rings (SSSR count). The lowest BCUT2D eigenvalue weighted by Gasteiger charge is -2.09. The molecule has 72 valence electrons. The number of nitrogens with two attached hydrogens (primary N) is 2. The maximum Gasteiger partial charge on any atom is 0.435 e. The average molecular weight is 212 g/mol. The Hall–Kier alpha value is -1.17. The summed E-state index contributed by atoms with van der Waals surface area (Å²) in [6.07, 6.45) is -4.61. The van der Waals surface area contributed by atoms with Crippen molar-refractivity contribution in [1.29, 1.82) is 0 Å². The van der Waals surface area contributed by atoms with Crippen molar-refractivity contribution in [3.63, 3.8) is 0 Å². The van der Waals surface area contributed by atoms with Gasteiger partial charge in [-0.25, -0.2) is 4.98 Å². The van der Waals surface area contributed by atoms with Crippen LogP contribution in [0.5, 0.6) is 0 Å². The third-order valence-corrected chi connectivity index (χ3v) is 1.60. The zero-order valence-corrected chi connectivity index (χ0v) is 6.95. The number of nitrogens with zero attached hydrogens (tertiary/aromatic N) is 1. The molecule has 0 unspecified atom stereocenters. The molecule has 3 nitrogen and oxygen atoms in total. The van der Waals surface area contributed by atoms with Crippen LogP contribution in [0.1, 0.15) is 5.69 Å². The third kappa shape index (κ3) is 1.95. The first-order chi connectivity index (χ1) is 5.82. The highest BCUT2D eigenvalue weighted by Crippen LogP contribution is 2.34. The molecule has 1 aromatic heterocycles. The molecule has 0 saturated heterocycles. The zero-order chi connectivity index (χ0) is 10.2. The van der Waals surface area contributed by atoms with Crippen LogP contribution in [0.2, 0.25) is 5.15 Å². The molecule has 0 fully saturated rings. The predicted octanol–water partition coefficient (Wildman–Crippen LogP) is 1.92. The number of pyridine rings is 1. The number of halogens is 4. The number of rotatable bonds is 0. The summed E-state index contributed by atoms with van der Waals surface area (Å²) in [5.74, 6) is 0. The van der Waals surface area contributed by atoms with Crippen LogP contribution in [-0.2, 0) is 6.18 Å². The second-order valence-corrected chi connectivity index (χ2v) is 2.66. The van der Waals surface area contributed by atoms with Crippen LogP contribution in [0.25, 0.3) is 0 Å². The summed E-state index contributed by atoms with van der Waals surface area (Å²) in [4.78, 5) is 3.03. The molecule has 4 N–H and O–H groups in total. The topological polar surface area (TPSA) is 64.9 Å². The van der Waals surface area contributed by atoms with E-state index in [2.05, 4.69) is 4.98 Å². The lowest BCUT2D eigenvalue weighted by Crippen LogP contribution is -2.12. The maximum atomic E-state index is 12.1.